The van der Waals surface area contributed by atoms with Crippen LogP contribution >= 0.6 is 0 Å². The van der Waals surface area contributed by atoms with Gasteiger partial charge in [-0.2, -0.15) is 0 Å². The zero-order valence-electron chi connectivity index (χ0n) is 17.4. The highest BCUT2D eigenvalue weighted by atomic mass is 16.5. The number of benzene rings is 1. The molecule has 1 aliphatic rings. The Bertz CT molecular complexity index is 584. The van der Waals surface area contributed by atoms with E-state index in [2.05, 4.69) is 52.7 Å². The first-order chi connectivity index (χ1) is 13.1. The largest absolute Gasteiger partial charge is 0.493 e. The van der Waals surface area contributed by atoms with Gasteiger partial charge in [-0.15, -0.1) is 0 Å². The number of hydrogen-bond donors (Lipinski definition) is 2. The van der Waals surface area contributed by atoms with Crippen LogP contribution in [0.4, 0.5) is 0 Å². The van der Waals surface area contributed by atoms with Crippen LogP contribution in [0.1, 0.15) is 30.4 Å². The maximum Gasteiger partial charge on any atom is 0.191 e. The number of aliphatic imine (C=N–C) groups is 1. The van der Waals surface area contributed by atoms with Crippen LogP contribution in [-0.4, -0.2) is 64.9 Å². The first-order valence-corrected chi connectivity index (χ1v) is 9.96. The van der Waals surface area contributed by atoms with E-state index < -0.39 is 0 Å². The lowest BCUT2D eigenvalue weighted by Gasteiger charge is -2.29. The second-order valence-electron chi connectivity index (χ2n) is 7.36. The summed E-state index contributed by atoms with van der Waals surface area (Å²) in [5.74, 6) is 2.50. The number of guanidine groups is 1. The molecule has 1 aromatic carbocycles. The molecule has 152 valence electrons. The van der Waals surface area contributed by atoms with Crippen molar-refractivity contribution >= 4 is 5.96 Å². The first-order valence-electron chi connectivity index (χ1n) is 9.96. The van der Waals surface area contributed by atoms with Crippen molar-refractivity contribution in [3.8, 4) is 5.75 Å². The van der Waals surface area contributed by atoms with Crippen molar-refractivity contribution in [1.82, 2.24) is 15.5 Å². The minimum atomic E-state index is 0.660. The van der Waals surface area contributed by atoms with Gasteiger partial charge in [-0.05, 0) is 57.5 Å². The van der Waals surface area contributed by atoms with Gasteiger partial charge in [0.2, 0.25) is 0 Å². The van der Waals surface area contributed by atoms with Crippen molar-refractivity contribution < 1.29 is 9.47 Å². The summed E-state index contributed by atoms with van der Waals surface area (Å²) < 4.78 is 11.1. The second kappa shape index (κ2) is 11.8. The van der Waals surface area contributed by atoms with Crippen LogP contribution in [-0.2, 0) is 11.3 Å². The zero-order valence-corrected chi connectivity index (χ0v) is 17.4. The molecule has 0 radical (unpaired) electrons. The molecule has 6 heteroatoms. The predicted molar refractivity (Wildman–Crippen MR) is 112 cm³/mol. The van der Waals surface area contributed by atoms with Gasteiger partial charge in [-0.1, -0.05) is 12.1 Å². The molecule has 0 bridgehead atoms. The molecule has 0 amide bonds. The Labute approximate surface area is 164 Å². The van der Waals surface area contributed by atoms with Gasteiger partial charge in [0.05, 0.1) is 6.61 Å². The topological polar surface area (TPSA) is 58.1 Å². The standard InChI is InChI=1S/C21H36N4O2/c1-17-6-7-19(20(14-17)27-13-5-12-26-4)16-24-21(22-2)23-15-18-8-10-25(3)11-9-18/h6-7,14,18H,5,8-13,15-16H2,1-4H3,(H2,22,23,24). The van der Waals surface area contributed by atoms with E-state index in [4.69, 9.17) is 9.47 Å². The van der Waals surface area contributed by atoms with Crippen LogP contribution in [0, 0.1) is 12.8 Å². The number of methoxy groups -OCH3 is 1. The average molecular weight is 377 g/mol. The Morgan fingerprint density at radius 1 is 1.22 bits per heavy atom. The number of ether oxygens (including phenoxy) is 2. The van der Waals surface area contributed by atoms with Gasteiger partial charge in [0, 0.05) is 45.8 Å². The van der Waals surface area contributed by atoms with Crippen LogP contribution in [0.25, 0.3) is 0 Å². The molecule has 0 atom stereocenters. The summed E-state index contributed by atoms with van der Waals surface area (Å²) >= 11 is 0. The number of aryl methyl sites for hydroxylation is 1. The van der Waals surface area contributed by atoms with E-state index in [-0.39, 0.29) is 0 Å². The molecule has 2 N–H and O–H groups in total. The summed E-state index contributed by atoms with van der Waals surface area (Å²) in [6.45, 7) is 7.49. The Morgan fingerprint density at radius 3 is 2.70 bits per heavy atom. The normalized spacial score (nSPS) is 16.4. The monoisotopic (exact) mass is 376 g/mol. The number of hydrogen-bond acceptors (Lipinski definition) is 4. The van der Waals surface area contributed by atoms with E-state index in [0.717, 1.165) is 36.2 Å². The van der Waals surface area contributed by atoms with Crippen LogP contribution in [0.2, 0.25) is 0 Å². The van der Waals surface area contributed by atoms with Crippen LogP contribution in [0.3, 0.4) is 0 Å². The Morgan fingerprint density at radius 2 is 2.00 bits per heavy atom. The third-order valence-electron chi connectivity index (χ3n) is 5.04. The van der Waals surface area contributed by atoms with E-state index >= 15 is 0 Å². The summed E-state index contributed by atoms with van der Waals surface area (Å²) in [5, 5.41) is 6.90. The third kappa shape index (κ3) is 7.77. The predicted octanol–water partition coefficient (Wildman–Crippen LogP) is 2.42. The highest BCUT2D eigenvalue weighted by Gasteiger charge is 2.16. The molecule has 2 rings (SSSR count). The van der Waals surface area contributed by atoms with Gasteiger partial charge < -0.3 is 25.0 Å². The molecule has 6 nitrogen and oxygen atoms in total. The van der Waals surface area contributed by atoms with Gasteiger partial charge in [-0.25, -0.2) is 0 Å². The Hall–Kier alpha value is -1.79. The Balaban J connectivity index is 1.82. The minimum absolute atomic E-state index is 0.660. The van der Waals surface area contributed by atoms with Crippen LogP contribution in [0.15, 0.2) is 23.2 Å². The van der Waals surface area contributed by atoms with Gasteiger partial charge >= 0.3 is 0 Å². The van der Waals surface area contributed by atoms with E-state index in [1.807, 2.05) is 7.05 Å². The molecule has 0 unspecified atom stereocenters. The zero-order chi connectivity index (χ0) is 19.5. The number of piperidine rings is 1. The van der Waals surface area contributed by atoms with Crippen molar-refractivity contribution in [2.24, 2.45) is 10.9 Å². The highest BCUT2D eigenvalue weighted by molar-refractivity contribution is 5.79. The minimum Gasteiger partial charge on any atom is -0.493 e. The molecular weight excluding hydrogens is 340 g/mol. The second-order valence-corrected chi connectivity index (χ2v) is 7.36. The third-order valence-corrected chi connectivity index (χ3v) is 5.04. The number of nitrogens with zero attached hydrogens (tertiary/aromatic N) is 2. The van der Waals surface area contributed by atoms with Crippen LogP contribution < -0.4 is 15.4 Å². The molecule has 0 aromatic heterocycles. The molecule has 1 fully saturated rings. The van der Waals surface area contributed by atoms with Crippen molar-refractivity contribution in [2.45, 2.75) is 32.7 Å². The molecule has 0 aliphatic carbocycles. The van der Waals surface area contributed by atoms with Crippen molar-refractivity contribution in [1.29, 1.82) is 0 Å². The summed E-state index contributed by atoms with van der Waals surface area (Å²) in [6, 6.07) is 6.34. The molecule has 27 heavy (non-hydrogen) atoms. The Kier molecular flexibility index (Phi) is 9.42. The molecule has 1 saturated heterocycles. The summed E-state index contributed by atoms with van der Waals surface area (Å²) in [5.41, 5.74) is 2.34. The number of rotatable bonds is 9. The fourth-order valence-corrected chi connectivity index (χ4v) is 3.23. The summed E-state index contributed by atoms with van der Waals surface area (Å²) in [6.07, 6.45) is 3.38. The molecule has 1 aliphatic heterocycles. The lowest BCUT2D eigenvalue weighted by Crippen LogP contribution is -2.42. The fraction of sp³-hybridized carbons (Fsp3) is 0.667. The lowest BCUT2D eigenvalue weighted by atomic mass is 9.97. The smallest absolute Gasteiger partial charge is 0.191 e. The summed E-state index contributed by atoms with van der Waals surface area (Å²) in [4.78, 5) is 6.76. The van der Waals surface area contributed by atoms with Crippen molar-refractivity contribution in [3.63, 3.8) is 0 Å². The van der Waals surface area contributed by atoms with E-state index in [9.17, 15) is 0 Å². The van der Waals surface area contributed by atoms with E-state index in [1.54, 1.807) is 7.11 Å². The maximum atomic E-state index is 5.97. The van der Waals surface area contributed by atoms with Gasteiger partial charge in [0.15, 0.2) is 5.96 Å². The number of nitrogens with one attached hydrogen (secondary N) is 2. The molecule has 0 spiro atoms. The first kappa shape index (κ1) is 21.5. The van der Waals surface area contributed by atoms with Gasteiger partial charge in [0.25, 0.3) is 0 Å². The fourth-order valence-electron chi connectivity index (χ4n) is 3.23. The van der Waals surface area contributed by atoms with Gasteiger partial charge in [-0.3, -0.25) is 4.99 Å². The molecule has 1 aromatic rings. The average Bonchev–Trinajstić information content (AvgIpc) is 2.68. The van der Waals surface area contributed by atoms with Gasteiger partial charge in [0.1, 0.15) is 5.75 Å². The van der Waals surface area contributed by atoms with E-state index in [0.29, 0.717) is 19.8 Å². The quantitative estimate of drug-likeness (QED) is 0.394. The van der Waals surface area contributed by atoms with Crippen molar-refractivity contribution in [3.05, 3.63) is 29.3 Å². The molecular formula is C21H36N4O2. The van der Waals surface area contributed by atoms with Crippen molar-refractivity contribution in [2.75, 3.05) is 54.1 Å². The highest BCUT2D eigenvalue weighted by Crippen LogP contribution is 2.20. The van der Waals surface area contributed by atoms with Crippen LogP contribution in [0.5, 0.6) is 5.75 Å². The molecule has 1 heterocycles. The number of likely N-dealkylation sites (tertiary alicyclic amines) is 1. The lowest BCUT2D eigenvalue weighted by molar-refractivity contribution is 0.171. The SMILES string of the molecule is CN=C(NCc1ccc(C)cc1OCCCOC)NCC1CCN(C)CC1. The molecule has 0 saturated carbocycles. The maximum absolute atomic E-state index is 5.97. The van der Waals surface area contributed by atoms with E-state index in [1.165, 1.54) is 31.5 Å². The summed E-state index contributed by atoms with van der Waals surface area (Å²) in [7, 11) is 5.73.